The SMILES string of the molecule is CC(C)CNC(=O)NC(=O)C(C)Nc1cccc(COCCOC(C)C)c1. The Morgan fingerprint density at radius 2 is 1.81 bits per heavy atom. The first-order valence-corrected chi connectivity index (χ1v) is 9.41. The summed E-state index contributed by atoms with van der Waals surface area (Å²) in [5.41, 5.74) is 1.78. The van der Waals surface area contributed by atoms with E-state index in [0.717, 1.165) is 11.3 Å². The van der Waals surface area contributed by atoms with Gasteiger partial charge in [0.1, 0.15) is 6.04 Å². The number of carbonyl (C=O) groups is 2. The minimum Gasteiger partial charge on any atom is -0.376 e. The first-order valence-electron chi connectivity index (χ1n) is 9.41. The van der Waals surface area contributed by atoms with Crippen LogP contribution in [0.1, 0.15) is 40.2 Å². The van der Waals surface area contributed by atoms with E-state index in [-0.39, 0.29) is 12.0 Å². The average Bonchev–Trinajstić information content (AvgIpc) is 2.59. The minimum atomic E-state index is -0.551. The van der Waals surface area contributed by atoms with Gasteiger partial charge >= 0.3 is 6.03 Å². The Labute approximate surface area is 162 Å². The number of amides is 3. The number of benzene rings is 1. The Bertz CT molecular complexity index is 590. The summed E-state index contributed by atoms with van der Waals surface area (Å²) in [6.07, 6.45) is 0.196. The van der Waals surface area contributed by atoms with E-state index in [9.17, 15) is 9.59 Å². The highest BCUT2D eigenvalue weighted by atomic mass is 16.5. The van der Waals surface area contributed by atoms with Gasteiger partial charge in [-0.3, -0.25) is 10.1 Å². The molecule has 27 heavy (non-hydrogen) atoms. The zero-order valence-electron chi connectivity index (χ0n) is 17.0. The molecule has 1 aromatic rings. The summed E-state index contributed by atoms with van der Waals surface area (Å²) >= 11 is 0. The molecule has 0 heterocycles. The molecule has 7 heteroatoms. The van der Waals surface area contributed by atoms with Crippen LogP contribution >= 0.6 is 0 Å². The van der Waals surface area contributed by atoms with Crippen molar-refractivity contribution in [3.8, 4) is 0 Å². The van der Waals surface area contributed by atoms with Crippen LogP contribution in [0.3, 0.4) is 0 Å². The second kappa shape index (κ2) is 12.3. The van der Waals surface area contributed by atoms with E-state index in [1.807, 2.05) is 52.0 Å². The minimum absolute atomic E-state index is 0.196. The van der Waals surface area contributed by atoms with E-state index in [0.29, 0.717) is 32.3 Å². The lowest BCUT2D eigenvalue weighted by atomic mass is 10.2. The molecule has 1 rings (SSSR count). The summed E-state index contributed by atoms with van der Waals surface area (Å²) in [5, 5.41) is 8.09. The fourth-order valence-corrected chi connectivity index (χ4v) is 2.16. The van der Waals surface area contributed by atoms with E-state index in [2.05, 4.69) is 16.0 Å². The van der Waals surface area contributed by atoms with E-state index < -0.39 is 12.1 Å². The first-order chi connectivity index (χ1) is 12.8. The molecule has 0 fully saturated rings. The van der Waals surface area contributed by atoms with Gasteiger partial charge in [0.2, 0.25) is 5.91 Å². The monoisotopic (exact) mass is 379 g/mol. The van der Waals surface area contributed by atoms with Crippen LogP contribution in [0, 0.1) is 5.92 Å². The largest absolute Gasteiger partial charge is 0.376 e. The molecule has 0 aliphatic rings. The quantitative estimate of drug-likeness (QED) is 0.515. The molecule has 1 unspecified atom stereocenters. The second-order valence-corrected chi connectivity index (χ2v) is 7.13. The molecule has 0 saturated heterocycles. The number of imide groups is 1. The summed E-state index contributed by atoms with van der Waals surface area (Å²) in [5.74, 6) is -0.0629. The van der Waals surface area contributed by atoms with Gasteiger partial charge in [-0.15, -0.1) is 0 Å². The third kappa shape index (κ3) is 10.6. The van der Waals surface area contributed by atoms with E-state index >= 15 is 0 Å². The van der Waals surface area contributed by atoms with Crippen LogP contribution in [0.5, 0.6) is 0 Å². The smallest absolute Gasteiger partial charge is 0.321 e. The number of hydrogen-bond donors (Lipinski definition) is 3. The molecule has 0 aromatic heterocycles. The van der Waals surface area contributed by atoms with Gasteiger partial charge in [0.15, 0.2) is 0 Å². The fraction of sp³-hybridized carbons (Fsp3) is 0.600. The molecule has 0 bridgehead atoms. The molecule has 3 N–H and O–H groups in total. The van der Waals surface area contributed by atoms with Crippen molar-refractivity contribution in [1.29, 1.82) is 0 Å². The third-order valence-electron chi connectivity index (χ3n) is 3.56. The summed E-state index contributed by atoms with van der Waals surface area (Å²) < 4.78 is 11.0. The lowest BCUT2D eigenvalue weighted by molar-refractivity contribution is -0.120. The van der Waals surface area contributed by atoms with Crippen LogP contribution in [-0.4, -0.2) is 43.8 Å². The molecule has 0 aliphatic heterocycles. The van der Waals surface area contributed by atoms with Gasteiger partial charge in [-0.1, -0.05) is 26.0 Å². The molecule has 0 radical (unpaired) electrons. The van der Waals surface area contributed by atoms with Crippen LogP contribution in [-0.2, 0) is 20.9 Å². The number of anilines is 1. The zero-order chi connectivity index (χ0) is 20.2. The van der Waals surface area contributed by atoms with E-state index in [1.165, 1.54) is 0 Å². The number of nitrogens with one attached hydrogen (secondary N) is 3. The van der Waals surface area contributed by atoms with E-state index in [4.69, 9.17) is 9.47 Å². The average molecular weight is 380 g/mol. The predicted molar refractivity (Wildman–Crippen MR) is 107 cm³/mol. The maximum Gasteiger partial charge on any atom is 0.321 e. The maximum absolute atomic E-state index is 12.1. The van der Waals surface area contributed by atoms with Crippen molar-refractivity contribution < 1.29 is 19.1 Å². The summed E-state index contributed by atoms with van der Waals surface area (Å²) in [4.78, 5) is 23.8. The van der Waals surface area contributed by atoms with Crippen LogP contribution in [0.25, 0.3) is 0 Å². The molecule has 1 aromatic carbocycles. The van der Waals surface area contributed by atoms with Gasteiger partial charge in [0, 0.05) is 12.2 Å². The van der Waals surface area contributed by atoms with Crippen molar-refractivity contribution in [2.24, 2.45) is 5.92 Å². The summed E-state index contributed by atoms with van der Waals surface area (Å²) in [7, 11) is 0. The van der Waals surface area contributed by atoms with Gasteiger partial charge in [0.05, 0.1) is 25.9 Å². The van der Waals surface area contributed by atoms with Crippen LogP contribution in [0.15, 0.2) is 24.3 Å². The van der Waals surface area contributed by atoms with Gasteiger partial charge in [-0.25, -0.2) is 4.79 Å². The summed E-state index contributed by atoms with van der Waals surface area (Å²) in [6.45, 7) is 11.7. The summed E-state index contributed by atoms with van der Waals surface area (Å²) in [6, 6.07) is 6.61. The van der Waals surface area contributed by atoms with Crippen LogP contribution in [0.4, 0.5) is 10.5 Å². The number of carbonyl (C=O) groups excluding carboxylic acids is 2. The Morgan fingerprint density at radius 1 is 1.07 bits per heavy atom. The van der Waals surface area contributed by atoms with Crippen LogP contribution < -0.4 is 16.0 Å². The predicted octanol–water partition coefficient (Wildman–Crippen LogP) is 2.91. The zero-order valence-corrected chi connectivity index (χ0v) is 17.0. The molecule has 7 nitrogen and oxygen atoms in total. The molecular formula is C20H33N3O4. The third-order valence-corrected chi connectivity index (χ3v) is 3.56. The maximum atomic E-state index is 12.1. The van der Waals surface area contributed by atoms with Crippen molar-refractivity contribution >= 4 is 17.6 Å². The normalized spacial score (nSPS) is 12.1. The highest BCUT2D eigenvalue weighted by molar-refractivity contribution is 5.97. The molecule has 3 amide bonds. The highest BCUT2D eigenvalue weighted by Crippen LogP contribution is 2.13. The van der Waals surface area contributed by atoms with Gasteiger partial charge in [-0.05, 0) is 44.4 Å². The van der Waals surface area contributed by atoms with Gasteiger partial charge in [0.25, 0.3) is 0 Å². The van der Waals surface area contributed by atoms with Crippen molar-refractivity contribution in [3.05, 3.63) is 29.8 Å². The Kier molecular flexibility index (Phi) is 10.4. The Morgan fingerprint density at radius 3 is 2.48 bits per heavy atom. The second-order valence-electron chi connectivity index (χ2n) is 7.13. The standard InChI is InChI=1S/C20H33N3O4/c1-14(2)12-21-20(25)23-19(24)16(5)22-18-8-6-7-17(11-18)13-26-9-10-27-15(3)4/h6-8,11,14-16,22H,9-10,12-13H2,1-5H3,(H2,21,23,24,25). The molecule has 1 atom stereocenters. The van der Waals surface area contributed by atoms with Crippen molar-refractivity contribution in [1.82, 2.24) is 10.6 Å². The number of ether oxygens (including phenoxy) is 2. The van der Waals surface area contributed by atoms with Crippen molar-refractivity contribution in [2.75, 3.05) is 25.1 Å². The molecule has 152 valence electrons. The highest BCUT2D eigenvalue weighted by Gasteiger charge is 2.15. The Balaban J connectivity index is 2.41. The lowest BCUT2D eigenvalue weighted by Gasteiger charge is -2.16. The molecule has 0 saturated carbocycles. The lowest BCUT2D eigenvalue weighted by Crippen LogP contribution is -2.46. The van der Waals surface area contributed by atoms with Crippen LogP contribution in [0.2, 0.25) is 0 Å². The molecule has 0 spiro atoms. The number of rotatable bonds is 11. The number of hydrogen-bond acceptors (Lipinski definition) is 5. The van der Waals surface area contributed by atoms with Gasteiger partial charge in [-0.2, -0.15) is 0 Å². The van der Waals surface area contributed by atoms with Gasteiger partial charge < -0.3 is 20.1 Å². The van der Waals surface area contributed by atoms with Crippen molar-refractivity contribution in [2.45, 2.75) is 53.4 Å². The van der Waals surface area contributed by atoms with E-state index in [1.54, 1.807) is 6.92 Å². The molecule has 0 aliphatic carbocycles. The Hall–Kier alpha value is -2.12. The number of urea groups is 1. The molecular weight excluding hydrogens is 346 g/mol. The van der Waals surface area contributed by atoms with Crippen molar-refractivity contribution in [3.63, 3.8) is 0 Å². The topological polar surface area (TPSA) is 88.7 Å². The first kappa shape index (κ1) is 22.9. The fourth-order valence-electron chi connectivity index (χ4n) is 2.16.